The molecule has 0 bridgehead atoms. The molecule has 0 spiro atoms. The van der Waals surface area contributed by atoms with Gasteiger partial charge in [0.05, 0.1) is 11.8 Å². The summed E-state index contributed by atoms with van der Waals surface area (Å²) < 4.78 is 20.2. The number of hydrogen-bond acceptors (Lipinski definition) is 2. The minimum atomic E-state index is -0.268. The molecule has 1 atom stereocenters. The van der Waals surface area contributed by atoms with Gasteiger partial charge in [0.2, 0.25) is 0 Å². The SMILES string of the molecule is CC(C)Oc1ccc(C(C)Nc2ccc(Br)cc2F)cc1. The molecule has 0 fully saturated rings. The maximum Gasteiger partial charge on any atom is 0.147 e. The Balaban J connectivity index is 2.07. The van der Waals surface area contributed by atoms with Crippen LogP contribution in [0.15, 0.2) is 46.9 Å². The van der Waals surface area contributed by atoms with Crippen molar-refractivity contribution in [2.75, 3.05) is 5.32 Å². The molecule has 0 aliphatic rings. The maximum atomic E-state index is 13.8. The molecule has 0 aliphatic carbocycles. The summed E-state index contributed by atoms with van der Waals surface area (Å²) >= 11 is 3.25. The van der Waals surface area contributed by atoms with Crippen LogP contribution in [-0.2, 0) is 0 Å². The van der Waals surface area contributed by atoms with E-state index < -0.39 is 0 Å². The predicted octanol–water partition coefficient (Wildman–Crippen LogP) is 5.55. The van der Waals surface area contributed by atoms with E-state index in [4.69, 9.17) is 4.74 Å². The molecule has 21 heavy (non-hydrogen) atoms. The van der Waals surface area contributed by atoms with Crippen molar-refractivity contribution in [3.8, 4) is 5.75 Å². The standard InChI is InChI=1S/C17H19BrFNO/c1-11(2)21-15-7-4-13(5-8-15)12(3)20-17-9-6-14(18)10-16(17)19/h4-12,20H,1-3H3. The van der Waals surface area contributed by atoms with Crippen molar-refractivity contribution in [2.24, 2.45) is 0 Å². The van der Waals surface area contributed by atoms with Crippen LogP contribution in [-0.4, -0.2) is 6.10 Å². The minimum Gasteiger partial charge on any atom is -0.491 e. The summed E-state index contributed by atoms with van der Waals surface area (Å²) in [5.41, 5.74) is 1.57. The molecule has 2 aromatic carbocycles. The Morgan fingerprint density at radius 1 is 1.05 bits per heavy atom. The first-order valence-electron chi connectivity index (χ1n) is 6.94. The van der Waals surface area contributed by atoms with Gasteiger partial charge < -0.3 is 10.1 Å². The highest BCUT2D eigenvalue weighted by molar-refractivity contribution is 9.10. The molecule has 112 valence electrons. The average Bonchev–Trinajstić information content (AvgIpc) is 2.42. The van der Waals surface area contributed by atoms with Gasteiger partial charge in [0.25, 0.3) is 0 Å². The van der Waals surface area contributed by atoms with Crippen LogP contribution in [0.5, 0.6) is 5.75 Å². The Hall–Kier alpha value is -1.55. The first kappa shape index (κ1) is 15.8. The second-order valence-corrected chi connectivity index (χ2v) is 6.14. The van der Waals surface area contributed by atoms with Crippen LogP contribution in [0, 0.1) is 5.82 Å². The molecule has 1 N–H and O–H groups in total. The minimum absolute atomic E-state index is 0.00813. The molecule has 0 amide bonds. The largest absolute Gasteiger partial charge is 0.491 e. The molecule has 2 rings (SSSR count). The lowest BCUT2D eigenvalue weighted by molar-refractivity contribution is 0.242. The van der Waals surface area contributed by atoms with Gasteiger partial charge in [0.15, 0.2) is 0 Å². The highest BCUT2D eigenvalue weighted by Crippen LogP contribution is 2.25. The molecular weight excluding hydrogens is 333 g/mol. The molecule has 0 aromatic heterocycles. The van der Waals surface area contributed by atoms with Gasteiger partial charge in [0, 0.05) is 10.5 Å². The molecular formula is C17H19BrFNO. The van der Waals surface area contributed by atoms with Gasteiger partial charge in [-0.1, -0.05) is 28.1 Å². The van der Waals surface area contributed by atoms with Gasteiger partial charge in [-0.2, -0.15) is 0 Å². The van der Waals surface area contributed by atoms with E-state index in [2.05, 4.69) is 21.2 Å². The number of nitrogens with one attached hydrogen (secondary N) is 1. The zero-order chi connectivity index (χ0) is 15.4. The average molecular weight is 352 g/mol. The third-order valence-corrected chi connectivity index (χ3v) is 3.55. The molecule has 0 heterocycles. The van der Waals surface area contributed by atoms with Gasteiger partial charge >= 0.3 is 0 Å². The third kappa shape index (κ3) is 4.46. The monoisotopic (exact) mass is 351 g/mol. The number of anilines is 1. The molecule has 0 saturated carbocycles. The van der Waals surface area contributed by atoms with Gasteiger partial charge in [-0.3, -0.25) is 0 Å². The van der Waals surface area contributed by atoms with Crippen molar-refractivity contribution in [1.82, 2.24) is 0 Å². The van der Waals surface area contributed by atoms with Crippen molar-refractivity contribution >= 4 is 21.6 Å². The van der Waals surface area contributed by atoms with E-state index >= 15 is 0 Å². The molecule has 0 aliphatic heterocycles. The topological polar surface area (TPSA) is 21.3 Å². The van der Waals surface area contributed by atoms with Gasteiger partial charge in [0.1, 0.15) is 11.6 Å². The van der Waals surface area contributed by atoms with E-state index in [0.717, 1.165) is 15.8 Å². The van der Waals surface area contributed by atoms with Gasteiger partial charge in [-0.25, -0.2) is 4.39 Å². The zero-order valence-electron chi connectivity index (χ0n) is 12.4. The van der Waals surface area contributed by atoms with Crippen LogP contribution >= 0.6 is 15.9 Å². The fourth-order valence-electron chi connectivity index (χ4n) is 2.03. The van der Waals surface area contributed by atoms with Crippen molar-refractivity contribution < 1.29 is 9.13 Å². The van der Waals surface area contributed by atoms with Gasteiger partial charge in [-0.15, -0.1) is 0 Å². The molecule has 4 heteroatoms. The lowest BCUT2D eigenvalue weighted by atomic mass is 10.1. The van der Waals surface area contributed by atoms with E-state index in [9.17, 15) is 4.39 Å². The van der Waals surface area contributed by atoms with Crippen LogP contribution in [0.4, 0.5) is 10.1 Å². The fraction of sp³-hybridized carbons (Fsp3) is 0.294. The summed E-state index contributed by atoms with van der Waals surface area (Å²) in [4.78, 5) is 0. The number of ether oxygens (including phenoxy) is 1. The summed E-state index contributed by atoms with van der Waals surface area (Å²) in [7, 11) is 0. The fourth-order valence-corrected chi connectivity index (χ4v) is 2.36. The Morgan fingerprint density at radius 3 is 2.29 bits per heavy atom. The van der Waals surface area contributed by atoms with Crippen LogP contribution in [0.3, 0.4) is 0 Å². The highest BCUT2D eigenvalue weighted by atomic mass is 79.9. The van der Waals surface area contributed by atoms with E-state index in [0.29, 0.717) is 5.69 Å². The first-order chi connectivity index (χ1) is 9.95. The summed E-state index contributed by atoms with van der Waals surface area (Å²) in [6.45, 7) is 5.99. The summed E-state index contributed by atoms with van der Waals surface area (Å²) in [6, 6.07) is 12.9. The van der Waals surface area contributed by atoms with E-state index in [-0.39, 0.29) is 18.0 Å². The zero-order valence-corrected chi connectivity index (χ0v) is 13.9. The summed E-state index contributed by atoms with van der Waals surface area (Å²) in [6.07, 6.45) is 0.156. The van der Waals surface area contributed by atoms with E-state index in [1.165, 1.54) is 6.07 Å². The Kier molecular flexibility index (Phi) is 5.23. The summed E-state index contributed by atoms with van der Waals surface area (Å²) in [5, 5.41) is 3.18. The maximum absolute atomic E-state index is 13.8. The Morgan fingerprint density at radius 2 is 1.71 bits per heavy atom. The Labute approximate surface area is 133 Å². The molecule has 2 aromatic rings. The van der Waals surface area contributed by atoms with Gasteiger partial charge in [-0.05, 0) is 56.7 Å². The number of benzene rings is 2. The highest BCUT2D eigenvalue weighted by Gasteiger charge is 2.09. The Bertz CT molecular complexity index is 598. The lowest BCUT2D eigenvalue weighted by Crippen LogP contribution is -2.09. The number of hydrogen-bond donors (Lipinski definition) is 1. The van der Waals surface area contributed by atoms with Crippen LogP contribution < -0.4 is 10.1 Å². The normalized spacial score (nSPS) is 12.3. The van der Waals surface area contributed by atoms with E-state index in [1.807, 2.05) is 51.1 Å². The lowest BCUT2D eigenvalue weighted by Gasteiger charge is -2.17. The molecule has 0 saturated heterocycles. The number of rotatable bonds is 5. The van der Waals surface area contributed by atoms with Crippen LogP contribution in [0.2, 0.25) is 0 Å². The van der Waals surface area contributed by atoms with Crippen LogP contribution in [0.25, 0.3) is 0 Å². The first-order valence-corrected chi connectivity index (χ1v) is 7.73. The third-order valence-electron chi connectivity index (χ3n) is 3.06. The molecule has 2 nitrogen and oxygen atoms in total. The smallest absolute Gasteiger partial charge is 0.147 e. The van der Waals surface area contributed by atoms with E-state index in [1.54, 1.807) is 6.07 Å². The summed E-state index contributed by atoms with van der Waals surface area (Å²) in [5.74, 6) is 0.576. The number of halogens is 2. The quantitative estimate of drug-likeness (QED) is 0.762. The second kappa shape index (κ2) is 6.94. The second-order valence-electron chi connectivity index (χ2n) is 5.23. The van der Waals surface area contributed by atoms with Crippen molar-refractivity contribution in [1.29, 1.82) is 0 Å². The van der Waals surface area contributed by atoms with Crippen molar-refractivity contribution in [3.05, 3.63) is 58.3 Å². The molecule has 1 unspecified atom stereocenters. The van der Waals surface area contributed by atoms with Crippen molar-refractivity contribution in [2.45, 2.75) is 32.9 Å². The predicted molar refractivity (Wildman–Crippen MR) is 88.3 cm³/mol. The van der Waals surface area contributed by atoms with Crippen molar-refractivity contribution in [3.63, 3.8) is 0 Å². The molecule has 0 radical (unpaired) electrons. The van der Waals surface area contributed by atoms with Crippen LogP contribution in [0.1, 0.15) is 32.4 Å².